The Balaban J connectivity index is 1.61. The Bertz CT molecular complexity index is 901. The maximum Gasteiger partial charge on any atom is 0.410 e. The minimum absolute atomic E-state index is 0.0263. The Labute approximate surface area is 180 Å². The Kier molecular flexibility index (Phi) is 6.96. The maximum absolute atomic E-state index is 12.5. The van der Waals surface area contributed by atoms with Gasteiger partial charge in [-0.15, -0.1) is 0 Å². The fourth-order valence-corrected chi connectivity index (χ4v) is 3.63. The monoisotopic (exact) mass is 438 g/mol. The van der Waals surface area contributed by atoms with Crippen LogP contribution in [0, 0.1) is 0 Å². The summed E-state index contributed by atoms with van der Waals surface area (Å²) in [6, 6.07) is 5.60. The molecule has 170 valence electrons. The molecule has 1 aliphatic heterocycles. The van der Waals surface area contributed by atoms with Gasteiger partial charge in [0.1, 0.15) is 17.5 Å². The highest BCUT2D eigenvalue weighted by Gasteiger charge is 2.28. The minimum Gasteiger partial charge on any atom is -0.490 e. The molecule has 2 heterocycles. The van der Waals surface area contributed by atoms with Gasteiger partial charge >= 0.3 is 12.3 Å². The van der Waals surface area contributed by atoms with Gasteiger partial charge in [0, 0.05) is 50.1 Å². The number of amides is 1. The third kappa shape index (κ3) is 7.01. The second-order valence-electron chi connectivity index (χ2n) is 8.93. The van der Waals surface area contributed by atoms with Gasteiger partial charge in [-0.3, -0.25) is 4.98 Å². The quantitative estimate of drug-likeness (QED) is 0.583. The predicted molar refractivity (Wildman–Crippen MR) is 112 cm³/mol. The number of fused-ring (bicyclic) bond motifs is 1. The van der Waals surface area contributed by atoms with E-state index in [2.05, 4.69) is 4.98 Å². The summed E-state index contributed by atoms with van der Waals surface area (Å²) in [6.07, 6.45) is -0.276. The summed E-state index contributed by atoms with van der Waals surface area (Å²) in [5.74, 6) is 0.673. The number of alkyl halides is 3. The number of ether oxygens (including phenoxy) is 2. The van der Waals surface area contributed by atoms with Crippen LogP contribution in [0.15, 0.2) is 30.6 Å². The lowest BCUT2D eigenvalue weighted by molar-refractivity contribution is -0.135. The third-order valence-electron chi connectivity index (χ3n) is 5.12. The molecule has 0 unspecified atom stereocenters. The summed E-state index contributed by atoms with van der Waals surface area (Å²) in [6.45, 7) is 6.63. The Morgan fingerprint density at radius 3 is 2.52 bits per heavy atom. The predicted octanol–water partition coefficient (Wildman–Crippen LogP) is 5.90. The number of piperidine rings is 1. The molecule has 8 heteroatoms. The molecule has 1 fully saturated rings. The van der Waals surface area contributed by atoms with Gasteiger partial charge in [0.15, 0.2) is 0 Å². The molecule has 3 rings (SSSR count). The van der Waals surface area contributed by atoms with Gasteiger partial charge < -0.3 is 14.4 Å². The van der Waals surface area contributed by atoms with Crippen LogP contribution in [-0.2, 0) is 11.2 Å². The van der Waals surface area contributed by atoms with Crippen LogP contribution in [0.2, 0.25) is 0 Å². The van der Waals surface area contributed by atoms with Gasteiger partial charge in [0.2, 0.25) is 0 Å². The molecule has 1 amide bonds. The molecule has 0 atom stereocenters. The van der Waals surface area contributed by atoms with Crippen molar-refractivity contribution in [3.63, 3.8) is 0 Å². The van der Waals surface area contributed by atoms with E-state index in [0.717, 1.165) is 16.3 Å². The van der Waals surface area contributed by atoms with Crippen LogP contribution < -0.4 is 4.74 Å². The zero-order chi connectivity index (χ0) is 22.6. The number of benzene rings is 1. The van der Waals surface area contributed by atoms with Crippen LogP contribution in [0.1, 0.15) is 52.0 Å². The van der Waals surface area contributed by atoms with Gasteiger partial charge in [-0.1, -0.05) is 0 Å². The average Bonchev–Trinajstić information content (AvgIpc) is 2.66. The second kappa shape index (κ2) is 9.32. The van der Waals surface area contributed by atoms with E-state index in [1.807, 2.05) is 39.0 Å². The van der Waals surface area contributed by atoms with Crippen molar-refractivity contribution in [2.75, 3.05) is 13.1 Å². The molecule has 0 radical (unpaired) electrons. The van der Waals surface area contributed by atoms with Crippen molar-refractivity contribution in [1.82, 2.24) is 9.88 Å². The molecule has 2 aromatic rings. The van der Waals surface area contributed by atoms with Crippen molar-refractivity contribution in [2.45, 2.75) is 70.8 Å². The van der Waals surface area contributed by atoms with Crippen LogP contribution >= 0.6 is 0 Å². The number of rotatable bonds is 5. The Hall–Kier alpha value is -2.51. The number of aromatic nitrogens is 1. The fraction of sp³-hybridized carbons (Fsp3) is 0.565. The first-order valence-corrected chi connectivity index (χ1v) is 10.6. The zero-order valence-corrected chi connectivity index (χ0v) is 18.2. The van der Waals surface area contributed by atoms with Gasteiger partial charge in [0.25, 0.3) is 0 Å². The second-order valence-corrected chi connectivity index (χ2v) is 8.93. The normalized spacial score (nSPS) is 15.9. The van der Waals surface area contributed by atoms with Crippen LogP contribution in [0.3, 0.4) is 0 Å². The number of hydrogen-bond acceptors (Lipinski definition) is 4. The van der Waals surface area contributed by atoms with Gasteiger partial charge in [-0.2, -0.15) is 13.2 Å². The van der Waals surface area contributed by atoms with Crippen molar-refractivity contribution in [3.05, 3.63) is 36.2 Å². The number of hydrogen-bond donors (Lipinski definition) is 0. The van der Waals surface area contributed by atoms with E-state index >= 15 is 0 Å². The van der Waals surface area contributed by atoms with Crippen LogP contribution in [0.25, 0.3) is 10.8 Å². The first-order valence-electron chi connectivity index (χ1n) is 10.6. The standard InChI is InChI=1S/C23H29F3N2O3/c1-22(2,3)31-21(29)28-11-8-18(9-12-28)30-19-7-6-17-15-27-14-16(20(17)13-19)5-4-10-23(24,25)26/h6-7,13-15,18H,4-5,8-12H2,1-3H3. The highest BCUT2D eigenvalue weighted by Crippen LogP contribution is 2.28. The molecule has 0 N–H and O–H groups in total. The van der Waals surface area contributed by atoms with Crippen molar-refractivity contribution >= 4 is 16.9 Å². The van der Waals surface area contributed by atoms with E-state index in [4.69, 9.17) is 9.47 Å². The lowest BCUT2D eigenvalue weighted by Gasteiger charge is -2.33. The molecular weight excluding hydrogens is 409 g/mol. The van der Waals surface area contributed by atoms with Crippen LogP contribution in [0.5, 0.6) is 5.75 Å². The van der Waals surface area contributed by atoms with E-state index in [9.17, 15) is 18.0 Å². The summed E-state index contributed by atoms with van der Waals surface area (Å²) in [5.41, 5.74) is 0.259. The first kappa shape index (κ1) is 23.2. The molecule has 1 aromatic carbocycles. The lowest BCUT2D eigenvalue weighted by Crippen LogP contribution is -2.44. The number of carbonyl (C=O) groups is 1. The maximum atomic E-state index is 12.5. The number of nitrogens with zero attached hydrogens (tertiary/aromatic N) is 2. The topological polar surface area (TPSA) is 51.7 Å². The molecule has 5 nitrogen and oxygen atoms in total. The van der Waals surface area contributed by atoms with E-state index in [1.165, 1.54) is 0 Å². The molecule has 1 aromatic heterocycles. The molecule has 0 aliphatic carbocycles. The molecule has 1 aliphatic rings. The van der Waals surface area contributed by atoms with Gasteiger partial charge in [-0.05, 0) is 62.8 Å². The molecule has 0 bridgehead atoms. The van der Waals surface area contributed by atoms with Crippen molar-refractivity contribution in [1.29, 1.82) is 0 Å². The fourth-order valence-electron chi connectivity index (χ4n) is 3.63. The zero-order valence-electron chi connectivity index (χ0n) is 18.2. The van der Waals surface area contributed by atoms with E-state index in [0.29, 0.717) is 38.1 Å². The van der Waals surface area contributed by atoms with Gasteiger partial charge in [0.05, 0.1) is 0 Å². The van der Waals surface area contributed by atoms with Gasteiger partial charge in [-0.25, -0.2) is 4.79 Å². The highest BCUT2D eigenvalue weighted by atomic mass is 19.4. The molecular formula is C23H29F3N2O3. The summed E-state index contributed by atoms with van der Waals surface area (Å²) in [5, 5.41) is 1.73. The summed E-state index contributed by atoms with van der Waals surface area (Å²) >= 11 is 0. The van der Waals surface area contributed by atoms with Crippen LogP contribution in [-0.4, -0.2) is 46.9 Å². The minimum atomic E-state index is -4.15. The number of aryl methyl sites for hydroxylation is 1. The van der Waals surface area contributed by atoms with E-state index in [-0.39, 0.29) is 18.6 Å². The average molecular weight is 438 g/mol. The summed E-state index contributed by atoms with van der Waals surface area (Å²) in [7, 11) is 0. The number of carbonyl (C=O) groups excluding carboxylic acids is 1. The van der Waals surface area contributed by atoms with Crippen molar-refractivity contribution in [3.8, 4) is 5.75 Å². The Morgan fingerprint density at radius 1 is 1.16 bits per heavy atom. The number of pyridine rings is 1. The molecule has 0 saturated carbocycles. The number of likely N-dealkylation sites (tertiary alicyclic amines) is 1. The highest BCUT2D eigenvalue weighted by molar-refractivity contribution is 5.86. The lowest BCUT2D eigenvalue weighted by atomic mass is 10.0. The SMILES string of the molecule is CC(C)(C)OC(=O)N1CCC(Oc2ccc3cncc(CCCC(F)(F)F)c3c2)CC1. The molecule has 31 heavy (non-hydrogen) atoms. The van der Waals surface area contributed by atoms with Crippen molar-refractivity contribution in [2.24, 2.45) is 0 Å². The third-order valence-corrected chi connectivity index (χ3v) is 5.12. The number of halogens is 3. The molecule has 1 saturated heterocycles. The van der Waals surface area contributed by atoms with E-state index in [1.54, 1.807) is 17.3 Å². The van der Waals surface area contributed by atoms with Crippen LogP contribution in [0.4, 0.5) is 18.0 Å². The molecule has 0 spiro atoms. The Morgan fingerprint density at radius 2 is 1.87 bits per heavy atom. The van der Waals surface area contributed by atoms with E-state index < -0.39 is 18.2 Å². The first-order chi connectivity index (χ1) is 14.5. The van der Waals surface area contributed by atoms with Crippen molar-refractivity contribution < 1.29 is 27.4 Å². The summed E-state index contributed by atoms with van der Waals surface area (Å²) < 4.78 is 49.0. The smallest absolute Gasteiger partial charge is 0.410 e. The summed E-state index contributed by atoms with van der Waals surface area (Å²) in [4.78, 5) is 18.0. The largest absolute Gasteiger partial charge is 0.490 e.